The summed E-state index contributed by atoms with van der Waals surface area (Å²) in [5.41, 5.74) is 5.06. The highest BCUT2D eigenvalue weighted by atomic mass is 19.4. The molecule has 8 heteroatoms. The highest BCUT2D eigenvalue weighted by Gasteiger charge is 2.37. The van der Waals surface area contributed by atoms with E-state index in [4.69, 9.17) is 4.74 Å². The van der Waals surface area contributed by atoms with Crippen molar-refractivity contribution in [2.75, 3.05) is 7.11 Å². The minimum Gasteiger partial charge on any atom is -0.465 e. The molecule has 1 heterocycles. The summed E-state index contributed by atoms with van der Waals surface area (Å²) in [6.45, 7) is 4.80. The standard InChI is InChI=1S/C30H32F3NO4/c1-4-5-26(20-10-12-22(13-11-20)29(36)37-3)27(21-8-6-19(2)7-9-21)28(35)34-17-23-14-15-25(16-24(23)18-34)38-30(31,32)33/h6-16,26-28,35H,4-5,17-18H2,1-3H3. The summed E-state index contributed by atoms with van der Waals surface area (Å²) in [6, 6.07) is 19.7. The number of fused-ring (bicyclic) bond motifs is 1. The number of esters is 1. The summed E-state index contributed by atoms with van der Waals surface area (Å²) in [6.07, 6.45) is -4.01. The molecule has 0 aliphatic carbocycles. The minimum absolute atomic E-state index is 0.0720. The van der Waals surface area contributed by atoms with Crippen LogP contribution in [0.3, 0.4) is 0 Å². The second-order valence-electron chi connectivity index (χ2n) is 9.74. The Morgan fingerprint density at radius 3 is 2.21 bits per heavy atom. The molecule has 38 heavy (non-hydrogen) atoms. The summed E-state index contributed by atoms with van der Waals surface area (Å²) in [5, 5.41) is 11.8. The fourth-order valence-corrected chi connectivity index (χ4v) is 5.26. The van der Waals surface area contributed by atoms with E-state index in [-0.39, 0.29) is 17.6 Å². The normalized spacial score (nSPS) is 16.0. The molecule has 1 N–H and O–H groups in total. The van der Waals surface area contributed by atoms with E-state index in [2.05, 4.69) is 11.7 Å². The molecule has 3 unspecified atom stereocenters. The van der Waals surface area contributed by atoms with Crippen LogP contribution < -0.4 is 4.74 Å². The Morgan fingerprint density at radius 2 is 1.61 bits per heavy atom. The molecule has 3 atom stereocenters. The van der Waals surface area contributed by atoms with Crippen LogP contribution >= 0.6 is 0 Å². The molecule has 1 aliphatic heterocycles. The van der Waals surface area contributed by atoms with Gasteiger partial charge in [-0.15, -0.1) is 13.2 Å². The molecule has 202 valence electrons. The number of methoxy groups -OCH3 is 1. The minimum atomic E-state index is -4.76. The van der Waals surface area contributed by atoms with Crippen molar-refractivity contribution in [3.63, 3.8) is 0 Å². The van der Waals surface area contributed by atoms with Gasteiger partial charge in [-0.05, 0) is 65.8 Å². The summed E-state index contributed by atoms with van der Waals surface area (Å²) < 4.78 is 47.1. The molecule has 5 nitrogen and oxygen atoms in total. The zero-order valence-corrected chi connectivity index (χ0v) is 21.7. The fourth-order valence-electron chi connectivity index (χ4n) is 5.26. The first-order chi connectivity index (χ1) is 18.1. The van der Waals surface area contributed by atoms with Crippen molar-refractivity contribution >= 4 is 5.97 Å². The quantitative estimate of drug-likeness (QED) is 0.315. The van der Waals surface area contributed by atoms with E-state index in [1.165, 1.54) is 19.2 Å². The number of carbonyl (C=O) groups excluding carboxylic acids is 1. The van der Waals surface area contributed by atoms with E-state index in [0.717, 1.165) is 35.1 Å². The van der Waals surface area contributed by atoms with Gasteiger partial charge in [-0.25, -0.2) is 4.79 Å². The van der Waals surface area contributed by atoms with Gasteiger partial charge in [0.25, 0.3) is 0 Å². The van der Waals surface area contributed by atoms with Gasteiger partial charge < -0.3 is 14.6 Å². The summed E-state index contributed by atoms with van der Waals surface area (Å²) >= 11 is 0. The van der Waals surface area contributed by atoms with Gasteiger partial charge in [0.15, 0.2) is 0 Å². The van der Waals surface area contributed by atoms with Crippen molar-refractivity contribution < 1.29 is 32.5 Å². The van der Waals surface area contributed by atoms with Crippen LogP contribution in [0.1, 0.15) is 69.8 Å². The van der Waals surface area contributed by atoms with Crippen molar-refractivity contribution in [2.24, 2.45) is 0 Å². The number of aliphatic hydroxyl groups is 1. The topological polar surface area (TPSA) is 59.0 Å². The Balaban J connectivity index is 1.66. The molecular weight excluding hydrogens is 495 g/mol. The fraction of sp³-hybridized carbons (Fsp3) is 0.367. The van der Waals surface area contributed by atoms with Crippen LogP contribution in [0, 0.1) is 6.92 Å². The van der Waals surface area contributed by atoms with Crippen molar-refractivity contribution in [2.45, 2.75) is 64.2 Å². The lowest BCUT2D eigenvalue weighted by molar-refractivity contribution is -0.274. The molecule has 0 saturated heterocycles. The highest BCUT2D eigenvalue weighted by molar-refractivity contribution is 5.89. The Morgan fingerprint density at radius 1 is 0.974 bits per heavy atom. The SMILES string of the molecule is CCCC(c1ccc(C(=O)OC)cc1)C(c1ccc(C)cc1)C(O)N1Cc2ccc(OC(F)(F)F)cc2C1. The zero-order valence-electron chi connectivity index (χ0n) is 21.7. The number of benzene rings is 3. The molecular formula is C30H32F3NO4. The van der Waals surface area contributed by atoms with E-state index < -0.39 is 18.6 Å². The van der Waals surface area contributed by atoms with E-state index >= 15 is 0 Å². The van der Waals surface area contributed by atoms with Crippen LogP contribution in [-0.4, -0.2) is 35.7 Å². The molecule has 4 rings (SSSR count). The van der Waals surface area contributed by atoms with Crippen molar-refractivity contribution in [1.29, 1.82) is 0 Å². The first-order valence-corrected chi connectivity index (χ1v) is 12.6. The van der Waals surface area contributed by atoms with Crippen LogP contribution in [0.2, 0.25) is 0 Å². The number of aliphatic hydroxyl groups excluding tert-OH is 1. The number of alkyl halides is 3. The third-order valence-electron chi connectivity index (χ3n) is 7.11. The zero-order chi connectivity index (χ0) is 27.4. The highest BCUT2D eigenvalue weighted by Crippen LogP contribution is 2.42. The van der Waals surface area contributed by atoms with Gasteiger partial charge in [-0.3, -0.25) is 4.90 Å². The van der Waals surface area contributed by atoms with Crippen molar-refractivity contribution in [3.8, 4) is 5.75 Å². The Labute approximate surface area is 220 Å². The second kappa shape index (κ2) is 11.6. The third kappa shape index (κ3) is 6.37. The third-order valence-corrected chi connectivity index (χ3v) is 7.11. The molecule has 0 aromatic heterocycles. The van der Waals surface area contributed by atoms with Gasteiger partial charge in [0.05, 0.1) is 12.7 Å². The van der Waals surface area contributed by atoms with Gasteiger partial charge in [0, 0.05) is 19.0 Å². The average molecular weight is 528 g/mol. The number of nitrogens with zero attached hydrogens (tertiary/aromatic N) is 1. The van der Waals surface area contributed by atoms with Crippen LogP contribution in [0.25, 0.3) is 0 Å². The predicted molar refractivity (Wildman–Crippen MR) is 138 cm³/mol. The summed E-state index contributed by atoms with van der Waals surface area (Å²) in [5.74, 6) is -1.07. The monoisotopic (exact) mass is 527 g/mol. The molecule has 1 aliphatic rings. The number of halogens is 3. The number of aryl methyl sites for hydroxylation is 1. The number of ether oxygens (including phenoxy) is 2. The van der Waals surface area contributed by atoms with E-state index in [0.29, 0.717) is 24.2 Å². The maximum Gasteiger partial charge on any atom is 0.573 e. The Hall–Kier alpha value is -3.36. The van der Waals surface area contributed by atoms with E-state index in [1.54, 1.807) is 18.2 Å². The molecule has 0 spiro atoms. The van der Waals surface area contributed by atoms with Gasteiger partial charge in [0.1, 0.15) is 12.0 Å². The molecule has 0 amide bonds. The predicted octanol–water partition coefficient (Wildman–Crippen LogP) is 6.68. The second-order valence-corrected chi connectivity index (χ2v) is 9.74. The Bertz CT molecular complexity index is 1240. The van der Waals surface area contributed by atoms with Gasteiger partial charge >= 0.3 is 12.3 Å². The van der Waals surface area contributed by atoms with Crippen molar-refractivity contribution in [1.82, 2.24) is 4.90 Å². The molecule has 3 aromatic rings. The number of carbonyl (C=O) groups is 1. The largest absolute Gasteiger partial charge is 0.573 e. The summed E-state index contributed by atoms with van der Waals surface area (Å²) in [7, 11) is 1.34. The molecule has 3 aromatic carbocycles. The first-order valence-electron chi connectivity index (χ1n) is 12.6. The van der Waals surface area contributed by atoms with Crippen LogP contribution in [0.5, 0.6) is 5.75 Å². The maximum atomic E-state index is 12.7. The lowest BCUT2D eigenvalue weighted by Gasteiger charge is -2.36. The van der Waals surface area contributed by atoms with Crippen LogP contribution in [0.4, 0.5) is 13.2 Å². The maximum absolute atomic E-state index is 12.7. The number of hydrogen-bond acceptors (Lipinski definition) is 5. The van der Waals surface area contributed by atoms with Gasteiger partial charge in [-0.2, -0.15) is 0 Å². The molecule has 0 bridgehead atoms. The number of rotatable bonds is 9. The van der Waals surface area contributed by atoms with Gasteiger partial charge in [0.2, 0.25) is 0 Å². The van der Waals surface area contributed by atoms with Crippen molar-refractivity contribution in [3.05, 3.63) is 100 Å². The summed E-state index contributed by atoms with van der Waals surface area (Å²) in [4.78, 5) is 13.8. The smallest absolute Gasteiger partial charge is 0.465 e. The lowest BCUT2D eigenvalue weighted by Crippen LogP contribution is -2.38. The Kier molecular flexibility index (Phi) is 8.43. The molecule has 0 saturated carbocycles. The van der Waals surface area contributed by atoms with Gasteiger partial charge in [-0.1, -0.05) is 61.4 Å². The first kappa shape index (κ1) is 27.7. The van der Waals surface area contributed by atoms with Crippen LogP contribution in [0.15, 0.2) is 66.7 Å². The van der Waals surface area contributed by atoms with E-state index in [1.807, 2.05) is 48.2 Å². The lowest BCUT2D eigenvalue weighted by atomic mass is 9.77. The van der Waals surface area contributed by atoms with Crippen LogP contribution in [-0.2, 0) is 17.8 Å². The average Bonchev–Trinajstić information content (AvgIpc) is 3.31. The van der Waals surface area contributed by atoms with E-state index in [9.17, 15) is 23.1 Å². The number of hydrogen-bond donors (Lipinski definition) is 1. The molecule has 0 fully saturated rings. The molecule has 0 radical (unpaired) electrons.